The topological polar surface area (TPSA) is 66.9 Å². The lowest BCUT2D eigenvalue weighted by Gasteiger charge is -2.13. The van der Waals surface area contributed by atoms with Gasteiger partial charge in [0.1, 0.15) is 19.0 Å². The molecule has 0 saturated heterocycles. The van der Waals surface area contributed by atoms with Crippen LogP contribution in [0.1, 0.15) is 28.1 Å². The van der Waals surface area contributed by atoms with Crippen LogP contribution in [0.5, 0.6) is 17.2 Å². The van der Waals surface area contributed by atoms with E-state index in [0.29, 0.717) is 30.5 Å². The van der Waals surface area contributed by atoms with Crippen LogP contribution in [-0.4, -0.2) is 25.2 Å². The molecule has 0 bridgehead atoms. The van der Waals surface area contributed by atoms with Gasteiger partial charge in [0.15, 0.2) is 11.5 Å². The average Bonchev–Trinajstić information content (AvgIpc) is 2.86. The third-order valence-corrected chi connectivity index (χ3v) is 4.91. The molecule has 33 heavy (non-hydrogen) atoms. The number of hydrogen-bond acceptors (Lipinski definition) is 6. The fourth-order valence-corrected chi connectivity index (χ4v) is 3.17. The Balaban J connectivity index is 1.63. The van der Waals surface area contributed by atoms with Crippen molar-refractivity contribution in [3.05, 3.63) is 95.8 Å². The highest BCUT2D eigenvalue weighted by atomic mass is 16.5. The van der Waals surface area contributed by atoms with E-state index in [2.05, 4.69) is 18.1 Å². The highest BCUT2D eigenvalue weighted by Gasteiger charge is 2.10. The molecule has 0 fully saturated rings. The molecule has 0 aliphatic heterocycles. The quantitative estimate of drug-likeness (QED) is 0.376. The van der Waals surface area contributed by atoms with Gasteiger partial charge in [-0.15, -0.1) is 0 Å². The van der Waals surface area contributed by atoms with Crippen molar-refractivity contribution in [3.63, 3.8) is 0 Å². The Labute approximate surface area is 194 Å². The lowest BCUT2D eigenvalue weighted by Crippen LogP contribution is -2.05. The van der Waals surface area contributed by atoms with E-state index in [1.807, 2.05) is 42.5 Å². The molecule has 0 atom stereocenters. The van der Waals surface area contributed by atoms with Crippen LogP contribution in [0.2, 0.25) is 0 Å². The number of pyridine rings is 1. The summed E-state index contributed by atoms with van der Waals surface area (Å²) in [5.41, 5.74) is 4.24. The predicted octanol–water partition coefficient (Wildman–Crippen LogP) is 5.25. The number of rotatable bonds is 11. The number of hydrogen-bond donors (Lipinski definition) is 0. The van der Waals surface area contributed by atoms with Gasteiger partial charge >= 0.3 is 5.97 Å². The third-order valence-electron chi connectivity index (χ3n) is 4.91. The molecule has 1 aromatic heterocycles. The molecule has 0 aliphatic rings. The van der Waals surface area contributed by atoms with Gasteiger partial charge in [-0.3, -0.25) is 4.79 Å². The van der Waals surface area contributed by atoms with E-state index >= 15 is 0 Å². The Bertz CT molecular complexity index is 1140. The third kappa shape index (κ3) is 6.46. The summed E-state index contributed by atoms with van der Waals surface area (Å²) < 4.78 is 22.0. The maximum absolute atomic E-state index is 11.5. The summed E-state index contributed by atoms with van der Waals surface area (Å²) in [5, 5.41) is 0. The summed E-state index contributed by atoms with van der Waals surface area (Å²) in [7, 11) is 2.92. The molecule has 0 saturated carbocycles. The lowest BCUT2D eigenvalue weighted by molar-refractivity contribution is -0.139. The van der Waals surface area contributed by atoms with E-state index < -0.39 is 0 Å². The zero-order valence-electron chi connectivity index (χ0n) is 18.9. The van der Waals surface area contributed by atoms with E-state index in [1.165, 1.54) is 7.11 Å². The van der Waals surface area contributed by atoms with E-state index in [-0.39, 0.29) is 12.4 Å². The van der Waals surface area contributed by atoms with Crippen molar-refractivity contribution in [2.45, 2.75) is 19.6 Å². The summed E-state index contributed by atoms with van der Waals surface area (Å²) >= 11 is 0. The molecule has 170 valence electrons. The first-order valence-electron chi connectivity index (χ1n) is 10.4. The predicted molar refractivity (Wildman–Crippen MR) is 128 cm³/mol. The van der Waals surface area contributed by atoms with Gasteiger partial charge in [-0.1, -0.05) is 43.5 Å². The molecule has 0 unspecified atom stereocenters. The van der Waals surface area contributed by atoms with E-state index in [4.69, 9.17) is 18.9 Å². The fourth-order valence-electron chi connectivity index (χ4n) is 3.17. The normalized spacial score (nSPS) is 10.2. The lowest BCUT2D eigenvalue weighted by atomic mass is 10.1. The summed E-state index contributed by atoms with van der Waals surface area (Å²) in [6.07, 6.45) is 3.63. The molecule has 0 amide bonds. The zero-order chi connectivity index (χ0) is 23.6. The highest BCUT2D eigenvalue weighted by molar-refractivity contribution is 5.72. The van der Waals surface area contributed by atoms with Gasteiger partial charge in [0.2, 0.25) is 0 Å². The molecule has 1 heterocycles. The molecule has 0 spiro atoms. The highest BCUT2D eigenvalue weighted by Crippen LogP contribution is 2.29. The van der Waals surface area contributed by atoms with Crippen molar-refractivity contribution in [2.75, 3.05) is 14.2 Å². The van der Waals surface area contributed by atoms with Crippen LogP contribution in [0.4, 0.5) is 0 Å². The van der Waals surface area contributed by atoms with Crippen molar-refractivity contribution < 1.29 is 23.7 Å². The fraction of sp³-hybridized carbons (Fsp3) is 0.185. The number of methoxy groups -OCH3 is 2. The van der Waals surface area contributed by atoms with Crippen molar-refractivity contribution in [1.29, 1.82) is 0 Å². The van der Waals surface area contributed by atoms with Crippen LogP contribution >= 0.6 is 0 Å². The molecule has 3 rings (SSSR count). The molecule has 0 N–H and O–H groups in total. The first-order chi connectivity index (χ1) is 16.1. The van der Waals surface area contributed by atoms with Crippen molar-refractivity contribution >= 4 is 18.1 Å². The number of ether oxygens (including phenoxy) is 4. The summed E-state index contributed by atoms with van der Waals surface area (Å²) in [6, 6.07) is 16.9. The molecule has 0 aliphatic carbocycles. The van der Waals surface area contributed by atoms with Crippen molar-refractivity contribution in [3.8, 4) is 17.2 Å². The van der Waals surface area contributed by atoms with Crippen LogP contribution in [0.15, 0.2) is 67.8 Å². The Morgan fingerprint density at radius 1 is 0.909 bits per heavy atom. The van der Waals surface area contributed by atoms with Gasteiger partial charge in [0.25, 0.3) is 0 Å². The number of benzene rings is 2. The second-order valence-electron chi connectivity index (χ2n) is 7.15. The minimum Gasteiger partial charge on any atom is -0.493 e. The van der Waals surface area contributed by atoms with Gasteiger partial charge in [-0.25, -0.2) is 4.98 Å². The number of aromatic nitrogens is 1. The number of carbonyl (C=O) groups excluding carboxylic acids is 1. The summed E-state index contributed by atoms with van der Waals surface area (Å²) in [5.74, 6) is 1.54. The Kier molecular flexibility index (Phi) is 8.24. The maximum atomic E-state index is 11.5. The first-order valence-corrected chi connectivity index (χ1v) is 10.4. The van der Waals surface area contributed by atoms with Gasteiger partial charge in [0.05, 0.1) is 32.0 Å². The van der Waals surface area contributed by atoms with Crippen LogP contribution in [0, 0.1) is 0 Å². The largest absolute Gasteiger partial charge is 0.493 e. The monoisotopic (exact) mass is 445 g/mol. The van der Waals surface area contributed by atoms with Crippen LogP contribution in [-0.2, 0) is 29.2 Å². The second kappa shape index (κ2) is 11.5. The van der Waals surface area contributed by atoms with Gasteiger partial charge in [-0.05, 0) is 53.1 Å². The van der Waals surface area contributed by atoms with Crippen molar-refractivity contribution in [1.82, 2.24) is 4.98 Å². The Morgan fingerprint density at radius 2 is 1.76 bits per heavy atom. The average molecular weight is 446 g/mol. The van der Waals surface area contributed by atoms with E-state index in [9.17, 15) is 4.79 Å². The molecular formula is C27H27NO5. The number of carbonyl (C=O) groups is 1. The van der Waals surface area contributed by atoms with Crippen LogP contribution in [0.3, 0.4) is 0 Å². The SMILES string of the molecule is C=Cc1ccc(COc2cccc(COc3ccc(CC(=O)OC)cc3OC)c2)nc1C=C. The molecule has 0 radical (unpaired) electrons. The minimum absolute atomic E-state index is 0.173. The van der Waals surface area contributed by atoms with Gasteiger partial charge < -0.3 is 18.9 Å². The summed E-state index contributed by atoms with van der Waals surface area (Å²) in [6.45, 7) is 8.24. The van der Waals surface area contributed by atoms with Gasteiger partial charge in [-0.2, -0.15) is 0 Å². The second-order valence-corrected chi connectivity index (χ2v) is 7.15. The maximum Gasteiger partial charge on any atom is 0.309 e. The van der Waals surface area contributed by atoms with Gasteiger partial charge in [0, 0.05) is 0 Å². The minimum atomic E-state index is -0.310. The molecule has 2 aromatic carbocycles. The summed E-state index contributed by atoms with van der Waals surface area (Å²) in [4.78, 5) is 16.0. The zero-order valence-corrected chi connectivity index (χ0v) is 18.9. The smallest absolute Gasteiger partial charge is 0.309 e. The Hall–Kier alpha value is -4.06. The number of nitrogens with zero attached hydrogens (tertiary/aromatic N) is 1. The molecule has 6 nitrogen and oxygen atoms in total. The standard InChI is InChI=1S/C27H27NO5/c1-5-21-11-12-22(28-24(21)6-2)18-32-23-9-7-8-20(14-23)17-33-25-13-10-19(15-26(25)30-3)16-27(29)31-4/h5-15H,1-2,16-18H2,3-4H3. The van der Waals surface area contributed by atoms with Crippen molar-refractivity contribution in [2.24, 2.45) is 0 Å². The van der Waals surface area contributed by atoms with E-state index in [0.717, 1.165) is 28.1 Å². The molecular weight excluding hydrogens is 418 g/mol. The number of esters is 1. The Morgan fingerprint density at radius 3 is 2.48 bits per heavy atom. The van der Waals surface area contributed by atoms with E-state index in [1.54, 1.807) is 31.4 Å². The van der Waals surface area contributed by atoms with Crippen LogP contribution < -0.4 is 14.2 Å². The first kappa shape index (κ1) is 23.6. The molecule has 6 heteroatoms. The molecule has 3 aromatic rings. The van der Waals surface area contributed by atoms with Crippen LogP contribution in [0.25, 0.3) is 12.2 Å².